The van der Waals surface area contributed by atoms with Gasteiger partial charge in [-0.15, -0.1) is 0 Å². The van der Waals surface area contributed by atoms with Crippen molar-refractivity contribution in [3.05, 3.63) is 53.3 Å². The normalized spacial score (nSPS) is 11.8. The quantitative estimate of drug-likeness (QED) is 0.915. The maximum Gasteiger partial charge on any atom is 0.435 e. The molecular formula is C12H12F3N3. The lowest BCUT2D eigenvalue weighted by molar-refractivity contribution is -0.141. The Hall–Kier alpha value is -1.82. The Bertz CT molecular complexity index is 514. The summed E-state index contributed by atoms with van der Waals surface area (Å²) < 4.78 is 38.3. The predicted molar refractivity (Wildman–Crippen MR) is 60.7 cm³/mol. The number of benzene rings is 1. The molecule has 18 heavy (non-hydrogen) atoms. The molecule has 0 aliphatic rings. The van der Waals surface area contributed by atoms with Gasteiger partial charge in [-0.25, -0.2) is 0 Å². The second kappa shape index (κ2) is 4.81. The third kappa shape index (κ3) is 2.89. The lowest BCUT2D eigenvalue weighted by Crippen LogP contribution is -2.08. The van der Waals surface area contributed by atoms with Crippen molar-refractivity contribution in [3.63, 3.8) is 0 Å². The number of halogens is 3. The van der Waals surface area contributed by atoms with Crippen molar-refractivity contribution < 1.29 is 13.2 Å². The van der Waals surface area contributed by atoms with Gasteiger partial charge in [0, 0.05) is 12.7 Å². The van der Waals surface area contributed by atoms with Gasteiger partial charge in [0.1, 0.15) is 0 Å². The van der Waals surface area contributed by atoms with Gasteiger partial charge in [-0.1, -0.05) is 24.3 Å². The van der Waals surface area contributed by atoms with Gasteiger partial charge in [0.05, 0.1) is 6.54 Å². The molecule has 0 bridgehead atoms. The molecule has 1 heterocycles. The van der Waals surface area contributed by atoms with Crippen LogP contribution in [0.15, 0.2) is 36.5 Å². The van der Waals surface area contributed by atoms with E-state index in [0.29, 0.717) is 13.1 Å². The molecule has 1 aromatic heterocycles. The average molecular weight is 255 g/mol. The molecule has 2 rings (SSSR count). The summed E-state index contributed by atoms with van der Waals surface area (Å²) in [6, 6.07) is 8.33. The number of nitrogens with two attached hydrogens (primary N) is 1. The first kappa shape index (κ1) is 12.6. The molecule has 0 saturated heterocycles. The lowest BCUT2D eigenvalue weighted by Gasteiger charge is -2.04. The van der Waals surface area contributed by atoms with E-state index in [1.165, 1.54) is 10.9 Å². The summed E-state index contributed by atoms with van der Waals surface area (Å²) in [6.07, 6.45) is -3.08. The highest BCUT2D eigenvalue weighted by atomic mass is 19.4. The van der Waals surface area contributed by atoms with E-state index in [1.807, 2.05) is 24.3 Å². The van der Waals surface area contributed by atoms with Crippen molar-refractivity contribution in [1.29, 1.82) is 0 Å². The van der Waals surface area contributed by atoms with Crippen LogP contribution in [-0.4, -0.2) is 9.78 Å². The molecule has 0 atom stereocenters. The van der Waals surface area contributed by atoms with E-state index in [-0.39, 0.29) is 0 Å². The van der Waals surface area contributed by atoms with Crippen LogP contribution in [0.1, 0.15) is 16.8 Å². The van der Waals surface area contributed by atoms with Crippen LogP contribution in [0.25, 0.3) is 0 Å². The Labute approximate surface area is 102 Å². The summed E-state index contributed by atoms with van der Waals surface area (Å²) in [5.41, 5.74) is 6.45. The van der Waals surface area contributed by atoms with Gasteiger partial charge in [0.25, 0.3) is 0 Å². The number of alkyl halides is 3. The zero-order valence-corrected chi connectivity index (χ0v) is 9.48. The third-order valence-corrected chi connectivity index (χ3v) is 2.53. The van der Waals surface area contributed by atoms with Crippen LogP contribution < -0.4 is 5.73 Å². The number of hydrogen-bond donors (Lipinski definition) is 1. The number of rotatable bonds is 3. The molecule has 0 radical (unpaired) electrons. The second-order valence-corrected chi connectivity index (χ2v) is 3.92. The molecule has 0 fully saturated rings. The van der Waals surface area contributed by atoms with E-state index < -0.39 is 11.9 Å². The maximum atomic E-state index is 12.3. The molecule has 0 aliphatic heterocycles. The van der Waals surface area contributed by atoms with Crippen LogP contribution in [0, 0.1) is 0 Å². The van der Waals surface area contributed by atoms with Crippen LogP contribution >= 0.6 is 0 Å². The van der Waals surface area contributed by atoms with Crippen LogP contribution in [0.5, 0.6) is 0 Å². The fraction of sp³-hybridized carbons (Fsp3) is 0.250. The summed E-state index contributed by atoms with van der Waals surface area (Å²) in [5.74, 6) is 0. The Balaban J connectivity index is 2.11. The largest absolute Gasteiger partial charge is 0.435 e. The van der Waals surface area contributed by atoms with Gasteiger partial charge < -0.3 is 5.73 Å². The third-order valence-electron chi connectivity index (χ3n) is 2.53. The topological polar surface area (TPSA) is 43.8 Å². The van der Waals surface area contributed by atoms with E-state index in [2.05, 4.69) is 5.10 Å². The zero-order valence-electron chi connectivity index (χ0n) is 9.48. The van der Waals surface area contributed by atoms with Crippen molar-refractivity contribution in [2.45, 2.75) is 19.3 Å². The highest BCUT2D eigenvalue weighted by molar-refractivity contribution is 5.22. The van der Waals surface area contributed by atoms with Crippen LogP contribution in [0.2, 0.25) is 0 Å². The van der Waals surface area contributed by atoms with Crippen LogP contribution in [0.4, 0.5) is 13.2 Å². The Morgan fingerprint density at radius 1 is 1.06 bits per heavy atom. The molecule has 1 aromatic carbocycles. The van der Waals surface area contributed by atoms with Crippen LogP contribution in [0.3, 0.4) is 0 Å². The molecule has 0 amide bonds. The van der Waals surface area contributed by atoms with Gasteiger partial charge in [-0.05, 0) is 17.2 Å². The standard InChI is InChI=1S/C12H12F3N3/c13-12(14,15)11-5-6-18(17-11)8-10-3-1-9(7-16)2-4-10/h1-6H,7-8,16H2. The van der Waals surface area contributed by atoms with Crippen molar-refractivity contribution in [2.75, 3.05) is 0 Å². The van der Waals surface area contributed by atoms with Gasteiger partial charge in [0.15, 0.2) is 5.69 Å². The Kier molecular flexibility index (Phi) is 3.38. The first-order valence-electron chi connectivity index (χ1n) is 5.37. The number of nitrogens with zero attached hydrogens (tertiary/aromatic N) is 2. The molecular weight excluding hydrogens is 243 g/mol. The van der Waals surface area contributed by atoms with E-state index >= 15 is 0 Å². The maximum absolute atomic E-state index is 12.3. The van der Waals surface area contributed by atoms with E-state index in [1.54, 1.807) is 0 Å². The summed E-state index contributed by atoms with van der Waals surface area (Å²) >= 11 is 0. The molecule has 2 aromatic rings. The lowest BCUT2D eigenvalue weighted by atomic mass is 10.1. The monoisotopic (exact) mass is 255 g/mol. The summed E-state index contributed by atoms with van der Waals surface area (Å²) in [5, 5.41) is 3.49. The summed E-state index contributed by atoms with van der Waals surface area (Å²) in [6.45, 7) is 0.751. The highest BCUT2D eigenvalue weighted by Gasteiger charge is 2.33. The van der Waals surface area contributed by atoms with Crippen molar-refractivity contribution in [3.8, 4) is 0 Å². The van der Waals surface area contributed by atoms with Crippen molar-refractivity contribution >= 4 is 0 Å². The predicted octanol–water partition coefficient (Wildman–Crippen LogP) is 2.41. The minimum Gasteiger partial charge on any atom is -0.326 e. The molecule has 6 heteroatoms. The molecule has 0 unspecified atom stereocenters. The highest BCUT2D eigenvalue weighted by Crippen LogP contribution is 2.27. The van der Waals surface area contributed by atoms with E-state index in [0.717, 1.165) is 17.2 Å². The smallest absolute Gasteiger partial charge is 0.326 e. The van der Waals surface area contributed by atoms with E-state index in [4.69, 9.17) is 5.73 Å². The molecule has 0 aliphatic carbocycles. The summed E-state index contributed by atoms with van der Waals surface area (Å²) in [7, 11) is 0. The van der Waals surface area contributed by atoms with Gasteiger partial charge >= 0.3 is 6.18 Å². The SMILES string of the molecule is NCc1ccc(Cn2ccc(C(F)(F)F)n2)cc1. The molecule has 96 valence electrons. The first-order valence-corrected chi connectivity index (χ1v) is 5.37. The fourth-order valence-corrected chi connectivity index (χ4v) is 1.57. The second-order valence-electron chi connectivity index (χ2n) is 3.92. The molecule has 3 nitrogen and oxygen atoms in total. The van der Waals surface area contributed by atoms with Crippen LogP contribution in [-0.2, 0) is 19.3 Å². The molecule has 0 spiro atoms. The first-order chi connectivity index (χ1) is 8.49. The summed E-state index contributed by atoms with van der Waals surface area (Å²) in [4.78, 5) is 0. The molecule has 2 N–H and O–H groups in total. The van der Waals surface area contributed by atoms with Gasteiger partial charge in [-0.3, -0.25) is 4.68 Å². The van der Waals surface area contributed by atoms with Crippen molar-refractivity contribution in [1.82, 2.24) is 9.78 Å². The zero-order chi connectivity index (χ0) is 13.2. The Morgan fingerprint density at radius 2 is 1.67 bits per heavy atom. The van der Waals surface area contributed by atoms with E-state index in [9.17, 15) is 13.2 Å². The average Bonchev–Trinajstić information content (AvgIpc) is 2.78. The fourth-order valence-electron chi connectivity index (χ4n) is 1.57. The van der Waals surface area contributed by atoms with Crippen molar-refractivity contribution in [2.24, 2.45) is 5.73 Å². The van der Waals surface area contributed by atoms with Gasteiger partial charge in [-0.2, -0.15) is 18.3 Å². The Morgan fingerprint density at radius 3 is 2.17 bits per heavy atom. The number of hydrogen-bond acceptors (Lipinski definition) is 2. The van der Waals surface area contributed by atoms with Gasteiger partial charge in [0.2, 0.25) is 0 Å². The minimum absolute atomic E-state index is 0.306. The minimum atomic E-state index is -4.39. The molecule has 0 saturated carbocycles. The number of aromatic nitrogens is 2.